The molecular weight excluding hydrogens is 276 g/mol. The van der Waals surface area contributed by atoms with Gasteiger partial charge in [0.05, 0.1) is 5.52 Å². The predicted octanol–water partition coefficient (Wildman–Crippen LogP) is 3.92. The molecule has 4 rings (SSSR count). The number of hydrogen-bond acceptors (Lipinski definition) is 3. The van der Waals surface area contributed by atoms with Crippen LogP contribution < -0.4 is 0 Å². The van der Waals surface area contributed by atoms with Crippen molar-refractivity contribution in [2.45, 2.75) is 26.2 Å². The molecule has 0 N–H and O–H groups in total. The summed E-state index contributed by atoms with van der Waals surface area (Å²) < 4.78 is 5.95. The second-order valence-electron chi connectivity index (χ2n) is 5.92. The molecule has 22 heavy (non-hydrogen) atoms. The number of pyridine rings is 1. The summed E-state index contributed by atoms with van der Waals surface area (Å²) in [5, 5.41) is 1.89. The number of likely N-dealkylation sites (tertiary alicyclic amines) is 1. The second-order valence-corrected chi connectivity index (χ2v) is 5.92. The topological polar surface area (TPSA) is 46.3 Å². The molecule has 1 fully saturated rings. The minimum atomic E-state index is -0.000573. The van der Waals surface area contributed by atoms with Gasteiger partial charge in [-0.2, -0.15) is 0 Å². The maximum atomic E-state index is 12.6. The van der Waals surface area contributed by atoms with Gasteiger partial charge in [0, 0.05) is 29.6 Å². The fraction of sp³-hybridized carbons (Fsp3) is 0.333. The molecule has 1 aromatic carbocycles. The van der Waals surface area contributed by atoms with Crippen molar-refractivity contribution in [3.8, 4) is 0 Å². The second kappa shape index (κ2) is 5.13. The summed E-state index contributed by atoms with van der Waals surface area (Å²) in [5.74, 6) is 0.428. The molecule has 4 nitrogen and oxygen atoms in total. The highest BCUT2D eigenvalue weighted by molar-refractivity contribution is 6.06. The Morgan fingerprint density at radius 1 is 1.14 bits per heavy atom. The fourth-order valence-corrected chi connectivity index (χ4v) is 3.22. The number of piperidine rings is 1. The average Bonchev–Trinajstić information content (AvgIpc) is 3.01. The number of amides is 1. The normalized spacial score (nSPS) is 15.6. The highest BCUT2D eigenvalue weighted by Gasteiger charge is 2.22. The van der Waals surface area contributed by atoms with Crippen LogP contribution in [0.4, 0.5) is 0 Å². The number of benzene rings is 1. The summed E-state index contributed by atoms with van der Waals surface area (Å²) in [6, 6.07) is 9.73. The molecule has 4 heteroatoms. The first kappa shape index (κ1) is 13.3. The van der Waals surface area contributed by atoms with E-state index >= 15 is 0 Å². The molecule has 3 heterocycles. The number of rotatable bonds is 1. The van der Waals surface area contributed by atoms with E-state index in [1.165, 1.54) is 6.42 Å². The molecular formula is C18H18N2O2. The van der Waals surface area contributed by atoms with Crippen LogP contribution in [-0.4, -0.2) is 28.9 Å². The molecule has 0 saturated carbocycles. The van der Waals surface area contributed by atoms with Gasteiger partial charge < -0.3 is 9.32 Å². The van der Waals surface area contributed by atoms with E-state index < -0.39 is 0 Å². The van der Waals surface area contributed by atoms with Gasteiger partial charge in [-0.25, -0.2) is 0 Å². The molecule has 1 aliphatic rings. The Hall–Kier alpha value is -2.36. The van der Waals surface area contributed by atoms with Crippen molar-refractivity contribution < 1.29 is 9.21 Å². The fourth-order valence-electron chi connectivity index (χ4n) is 3.22. The van der Waals surface area contributed by atoms with Gasteiger partial charge in [-0.3, -0.25) is 9.78 Å². The zero-order chi connectivity index (χ0) is 15.1. The summed E-state index contributed by atoms with van der Waals surface area (Å²) >= 11 is 0. The Kier molecular flexibility index (Phi) is 3.10. The minimum absolute atomic E-state index is 0.000573. The summed E-state index contributed by atoms with van der Waals surface area (Å²) in [4.78, 5) is 19.1. The first-order valence-electron chi connectivity index (χ1n) is 7.82. The molecule has 0 radical (unpaired) electrons. The van der Waals surface area contributed by atoms with Gasteiger partial charge in [-0.05, 0) is 44.4 Å². The third kappa shape index (κ3) is 2.06. The van der Waals surface area contributed by atoms with Crippen LogP contribution in [0.15, 0.2) is 34.7 Å². The zero-order valence-electron chi connectivity index (χ0n) is 12.6. The van der Waals surface area contributed by atoms with Crippen molar-refractivity contribution in [3.05, 3.63) is 41.8 Å². The Morgan fingerprint density at radius 2 is 1.91 bits per heavy atom. The molecule has 0 bridgehead atoms. The third-order valence-corrected chi connectivity index (χ3v) is 4.41. The molecule has 0 aliphatic carbocycles. The third-order valence-electron chi connectivity index (χ3n) is 4.41. The highest BCUT2D eigenvalue weighted by Crippen LogP contribution is 2.29. The largest absolute Gasteiger partial charge is 0.450 e. The quantitative estimate of drug-likeness (QED) is 0.683. The number of nitrogens with zero attached hydrogens (tertiary/aromatic N) is 2. The van der Waals surface area contributed by atoms with Crippen molar-refractivity contribution in [1.82, 2.24) is 9.88 Å². The standard InChI is InChI=1S/C18H18N2O2/c1-12-14-11-16(18(21)20-9-5-2-6-10-20)22-17(14)13-7-3-4-8-15(13)19-12/h3-4,7-8,11H,2,5-6,9-10H2,1H3. The SMILES string of the molecule is Cc1nc2ccccc2c2oc(C(=O)N3CCCCC3)cc12. The lowest BCUT2D eigenvalue weighted by Gasteiger charge is -2.25. The lowest BCUT2D eigenvalue weighted by molar-refractivity contribution is 0.0694. The summed E-state index contributed by atoms with van der Waals surface area (Å²) in [7, 11) is 0. The highest BCUT2D eigenvalue weighted by atomic mass is 16.3. The molecule has 3 aromatic rings. The van der Waals surface area contributed by atoms with Gasteiger partial charge in [-0.15, -0.1) is 0 Å². The van der Waals surface area contributed by atoms with Gasteiger partial charge in [-0.1, -0.05) is 12.1 Å². The molecule has 0 unspecified atom stereocenters. The van der Waals surface area contributed by atoms with Gasteiger partial charge in [0.2, 0.25) is 0 Å². The van der Waals surface area contributed by atoms with E-state index in [1.807, 2.05) is 42.2 Å². The van der Waals surface area contributed by atoms with Crippen molar-refractivity contribution in [3.63, 3.8) is 0 Å². The number of furan rings is 1. The van der Waals surface area contributed by atoms with Crippen molar-refractivity contribution >= 4 is 27.8 Å². The summed E-state index contributed by atoms with van der Waals surface area (Å²) in [5.41, 5.74) is 2.57. The Balaban J connectivity index is 1.84. The summed E-state index contributed by atoms with van der Waals surface area (Å²) in [6.07, 6.45) is 3.36. The first-order valence-corrected chi connectivity index (χ1v) is 7.82. The molecule has 1 amide bonds. The van der Waals surface area contributed by atoms with Crippen LogP contribution in [0, 0.1) is 6.92 Å². The lowest BCUT2D eigenvalue weighted by Crippen LogP contribution is -2.35. The van der Waals surface area contributed by atoms with Crippen LogP contribution in [-0.2, 0) is 0 Å². The number of para-hydroxylation sites is 1. The van der Waals surface area contributed by atoms with E-state index in [1.54, 1.807) is 0 Å². The number of aryl methyl sites for hydroxylation is 1. The van der Waals surface area contributed by atoms with Crippen LogP contribution >= 0.6 is 0 Å². The molecule has 1 aliphatic heterocycles. The molecule has 0 spiro atoms. The van der Waals surface area contributed by atoms with E-state index in [2.05, 4.69) is 4.98 Å². The Labute approximate surface area is 128 Å². The van der Waals surface area contributed by atoms with Crippen LogP contribution in [0.5, 0.6) is 0 Å². The van der Waals surface area contributed by atoms with Crippen molar-refractivity contribution in [1.29, 1.82) is 0 Å². The van der Waals surface area contributed by atoms with E-state index in [-0.39, 0.29) is 5.91 Å². The Morgan fingerprint density at radius 3 is 2.73 bits per heavy atom. The van der Waals surface area contributed by atoms with Crippen LogP contribution in [0.1, 0.15) is 35.5 Å². The van der Waals surface area contributed by atoms with Crippen LogP contribution in [0.3, 0.4) is 0 Å². The predicted molar refractivity (Wildman–Crippen MR) is 86.0 cm³/mol. The first-order chi connectivity index (χ1) is 10.7. The maximum absolute atomic E-state index is 12.6. The number of carbonyl (C=O) groups excluding carboxylic acids is 1. The minimum Gasteiger partial charge on any atom is -0.450 e. The van der Waals surface area contributed by atoms with Crippen molar-refractivity contribution in [2.75, 3.05) is 13.1 Å². The molecule has 0 atom stereocenters. The smallest absolute Gasteiger partial charge is 0.289 e. The maximum Gasteiger partial charge on any atom is 0.289 e. The van der Waals surface area contributed by atoms with Gasteiger partial charge in [0.1, 0.15) is 5.58 Å². The Bertz CT molecular complexity index is 860. The number of aromatic nitrogens is 1. The van der Waals surface area contributed by atoms with Crippen molar-refractivity contribution in [2.24, 2.45) is 0 Å². The van der Waals surface area contributed by atoms with Gasteiger partial charge >= 0.3 is 0 Å². The van der Waals surface area contributed by atoms with Crippen LogP contribution in [0.25, 0.3) is 21.9 Å². The number of fused-ring (bicyclic) bond motifs is 3. The van der Waals surface area contributed by atoms with E-state index in [0.29, 0.717) is 5.76 Å². The lowest BCUT2D eigenvalue weighted by atomic mass is 10.1. The van der Waals surface area contributed by atoms with Crippen LogP contribution in [0.2, 0.25) is 0 Å². The number of carbonyl (C=O) groups is 1. The van der Waals surface area contributed by atoms with Gasteiger partial charge in [0.15, 0.2) is 5.76 Å². The summed E-state index contributed by atoms with van der Waals surface area (Å²) in [6.45, 7) is 3.61. The monoisotopic (exact) mass is 294 g/mol. The average molecular weight is 294 g/mol. The van der Waals surface area contributed by atoms with E-state index in [0.717, 1.165) is 53.5 Å². The van der Waals surface area contributed by atoms with E-state index in [4.69, 9.17) is 4.42 Å². The molecule has 112 valence electrons. The number of hydrogen-bond donors (Lipinski definition) is 0. The zero-order valence-corrected chi connectivity index (χ0v) is 12.6. The van der Waals surface area contributed by atoms with Gasteiger partial charge in [0.25, 0.3) is 5.91 Å². The molecule has 2 aromatic heterocycles. The molecule has 1 saturated heterocycles. The van der Waals surface area contributed by atoms with E-state index in [9.17, 15) is 4.79 Å².